The number of halogens is 1. The average Bonchev–Trinajstić information content (AvgIpc) is 3.40. The molecule has 0 amide bonds. The lowest BCUT2D eigenvalue weighted by molar-refractivity contribution is 0.207. The SMILES string of the molecule is CN=C(NCc1ncc(C(C)(C)C)o1)NCc1ccc(OC)cc1OC1CCCC1.I. The van der Waals surface area contributed by atoms with Crippen LogP contribution in [-0.2, 0) is 18.5 Å². The minimum Gasteiger partial charge on any atom is -0.497 e. The van der Waals surface area contributed by atoms with Crippen LogP contribution < -0.4 is 20.1 Å². The van der Waals surface area contributed by atoms with Crippen molar-refractivity contribution < 1.29 is 13.9 Å². The van der Waals surface area contributed by atoms with E-state index in [-0.39, 0.29) is 35.5 Å². The van der Waals surface area contributed by atoms with Gasteiger partial charge < -0.3 is 24.5 Å². The second-order valence-electron chi connectivity index (χ2n) is 8.65. The maximum Gasteiger partial charge on any atom is 0.213 e. The Morgan fingerprint density at radius 2 is 1.90 bits per heavy atom. The molecule has 3 rings (SSSR count). The van der Waals surface area contributed by atoms with Crippen molar-refractivity contribution in [2.45, 2.75) is 71.1 Å². The summed E-state index contributed by atoms with van der Waals surface area (Å²) in [5, 5.41) is 6.60. The van der Waals surface area contributed by atoms with Gasteiger partial charge in [-0.3, -0.25) is 4.99 Å². The fraction of sp³-hybridized carbons (Fsp3) is 0.565. The van der Waals surface area contributed by atoms with Crippen LogP contribution in [-0.4, -0.2) is 31.2 Å². The van der Waals surface area contributed by atoms with Crippen LogP contribution in [0.15, 0.2) is 33.8 Å². The molecule has 8 heteroatoms. The van der Waals surface area contributed by atoms with Gasteiger partial charge in [-0.25, -0.2) is 4.98 Å². The Bertz CT molecular complexity index is 855. The van der Waals surface area contributed by atoms with E-state index < -0.39 is 0 Å². The van der Waals surface area contributed by atoms with Crippen LogP contribution in [0.4, 0.5) is 0 Å². The van der Waals surface area contributed by atoms with Crippen molar-refractivity contribution in [1.82, 2.24) is 15.6 Å². The largest absolute Gasteiger partial charge is 0.497 e. The van der Waals surface area contributed by atoms with Gasteiger partial charge in [0.05, 0.1) is 26.0 Å². The highest BCUT2D eigenvalue weighted by Gasteiger charge is 2.20. The molecule has 0 atom stereocenters. The van der Waals surface area contributed by atoms with Crippen molar-refractivity contribution >= 4 is 29.9 Å². The maximum atomic E-state index is 6.27. The number of rotatable bonds is 7. The first kappa shape index (κ1) is 25.3. The number of hydrogen-bond donors (Lipinski definition) is 2. The molecule has 2 aromatic rings. The minimum absolute atomic E-state index is 0. The van der Waals surface area contributed by atoms with Crippen LogP contribution >= 0.6 is 24.0 Å². The van der Waals surface area contributed by atoms with E-state index in [1.165, 1.54) is 12.8 Å². The smallest absolute Gasteiger partial charge is 0.213 e. The van der Waals surface area contributed by atoms with Crippen molar-refractivity contribution in [1.29, 1.82) is 0 Å². The molecule has 1 saturated carbocycles. The second kappa shape index (κ2) is 11.6. The van der Waals surface area contributed by atoms with Gasteiger partial charge in [0.15, 0.2) is 5.96 Å². The van der Waals surface area contributed by atoms with Crippen molar-refractivity contribution in [2.75, 3.05) is 14.2 Å². The number of ether oxygens (including phenoxy) is 2. The molecule has 31 heavy (non-hydrogen) atoms. The van der Waals surface area contributed by atoms with Crippen molar-refractivity contribution in [3.8, 4) is 11.5 Å². The standard InChI is InChI=1S/C23H34N4O3.HI/c1-23(2,3)20-14-25-21(30-20)15-27-22(24-4)26-13-16-10-11-18(28-5)12-19(16)29-17-8-6-7-9-17;/h10-12,14,17H,6-9,13,15H2,1-5H3,(H2,24,26,27);1H. The van der Waals surface area contributed by atoms with E-state index in [1.807, 2.05) is 18.2 Å². The number of hydrogen-bond acceptors (Lipinski definition) is 5. The van der Waals surface area contributed by atoms with Crippen LogP contribution in [0.2, 0.25) is 0 Å². The Morgan fingerprint density at radius 3 is 2.52 bits per heavy atom. The van der Waals surface area contributed by atoms with E-state index in [1.54, 1.807) is 20.4 Å². The molecule has 1 heterocycles. The third-order valence-electron chi connectivity index (χ3n) is 5.24. The van der Waals surface area contributed by atoms with Crippen molar-refractivity contribution in [3.63, 3.8) is 0 Å². The summed E-state index contributed by atoms with van der Waals surface area (Å²) in [6.07, 6.45) is 6.76. The lowest BCUT2D eigenvalue weighted by Gasteiger charge is -2.18. The first-order valence-electron chi connectivity index (χ1n) is 10.6. The zero-order valence-corrected chi connectivity index (χ0v) is 21.5. The van der Waals surface area contributed by atoms with Crippen molar-refractivity contribution in [2.24, 2.45) is 4.99 Å². The highest BCUT2D eigenvalue weighted by molar-refractivity contribution is 14.0. The van der Waals surface area contributed by atoms with E-state index in [9.17, 15) is 0 Å². The molecule has 1 aromatic heterocycles. The number of nitrogens with zero attached hydrogens (tertiary/aromatic N) is 2. The zero-order valence-electron chi connectivity index (χ0n) is 19.2. The molecule has 172 valence electrons. The van der Waals surface area contributed by atoms with Crippen molar-refractivity contribution in [3.05, 3.63) is 41.6 Å². The Morgan fingerprint density at radius 1 is 1.19 bits per heavy atom. The predicted molar refractivity (Wildman–Crippen MR) is 134 cm³/mol. The van der Waals surface area contributed by atoms with Gasteiger partial charge in [0, 0.05) is 30.6 Å². The zero-order chi connectivity index (χ0) is 21.6. The van der Waals surface area contributed by atoms with E-state index in [0.29, 0.717) is 24.9 Å². The Balaban J connectivity index is 0.00000341. The van der Waals surface area contributed by atoms with Crippen LogP contribution in [0.25, 0.3) is 0 Å². The molecule has 1 aliphatic carbocycles. The minimum atomic E-state index is -0.0603. The number of methoxy groups -OCH3 is 1. The molecule has 1 aliphatic rings. The Hall–Kier alpha value is -1.97. The van der Waals surface area contributed by atoms with Gasteiger partial charge in [-0.2, -0.15) is 0 Å². The predicted octanol–water partition coefficient (Wildman–Crippen LogP) is 4.79. The first-order chi connectivity index (χ1) is 14.4. The summed E-state index contributed by atoms with van der Waals surface area (Å²) >= 11 is 0. The molecule has 7 nitrogen and oxygen atoms in total. The third kappa shape index (κ3) is 7.29. The average molecular weight is 542 g/mol. The van der Waals surface area contributed by atoms with Gasteiger partial charge in [-0.05, 0) is 37.8 Å². The van der Waals surface area contributed by atoms with Crippen LogP contribution in [0.1, 0.15) is 63.7 Å². The lowest BCUT2D eigenvalue weighted by Crippen LogP contribution is -2.36. The number of benzene rings is 1. The number of aliphatic imine (C=N–C) groups is 1. The van der Waals surface area contributed by atoms with Gasteiger partial charge in [0.1, 0.15) is 17.3 Å². The van der Waals surface area contributed by atoms with Gasteiger partial charge >= 0.3 is 0 Å². The summed E-state index contributed by atoms with van der Waals surface area (Å²) in [6, 6.07) is 5.95. The maximum absolute atomic E-state index is 6.27. The highest BCUT2D eigenvalue weighted by Crippen LogP contribution is 2.30. The first-order valence-corrected chi connectivity index (χ1v) is 10.6. The Kier molecular flexibility index (Phi) is 9.46. The fourth-order valence-electron chi connectivity index (χ4n) is 3.40. The quantitative estimate of drug-likeness (QED) is 0.298. The monoisotopic (exact) mass is 542 g/mol. The van der Waals surface area contributed by atoms with E-state index in [4.69, 9.17) is 13.9 Å². The molecular formula is C23H35IN4O3. The number of oxazole rings is 1. The van der Waals surface area contributed by atoms with E-state index in [2.05, 4.69) is 41.4 Å². The normalized spacial score (nSPS) is 14.8. The van der Waals surface area contributed by atoms with Gasteiger partial charge in [0.2, 0.25) is 5.89 Å². The Labute approximate surface area is 202 Å². The highest BCUT2D eigenvalue weighted by atomic mass is 127. The van der Waals surface area contributed by atoms with Gasteiger partial charge in [-0.1, -0.05) is 20.8 Å². The van der Waals surface area contributed by atoms with Gasteiger partial charge in [-0.15, -0.1) is 24.0 Å². The third-order valence-corrected chi connectivity index (χ3v) is 5.24. The molecule has 2 N–H and O–H groups in total. The molecule has 0 bridgehead atoms. The number of aromatic nitrogens is 1. The molecule has 0 saturated heterocycles. The topological polar surface area (TPSA) is 80.9 Å². The molecule has 0 spiro atoms. The van der Waals surface area contributed by atoms with E-state index in [0.717, 1.165) is 35.7 Å². The molecular weight excluding hydrogens is 507 g/mol. The molecule has 0 unspecified atom stereocenters. The summed E-state index contributed by atoms with van der Waals surface area (Å²) in [6.45, 7) is 7.36. The summed E-state index contributed by atoms with van der Waals surface area (Å²) in [5.41, 5.74) is 1.01. The van der Waals surface area contributed by atoms with Crippen LogP contribution in [0, 0.1) is 0 Å². The summed E-state index contributed by atoms with van der Waals surface area (Å²) in [4.78, 5) is 8.65. The van der Waals surface area contributed by atoms with Crippen LogP contribution in [0.3, 0.4) is 0 Å². The summed E-state index contributed by atoms with van der Waals surface area (Å²) in [5.74, 6) is 3.85. The fourth-order valence-corrected chi connectivity index (χ4v) is 3.40. The molecule has 0 aliphatic heterocycles. The lowest BCUT2D eigenvalue weighted by atomic mass is 9.94. The van der Waals surface area contributed by atoms with E-state index >= 15 is 0 Å². The molecule has 1 fully saturated rings. The second-order valence-corrected chi connectivity index (χ2v) is 8.65. The molecule has 0 radical (unpaired) electrons. The summed E-state index contributed by atoms with van der Waals surface area (Å²) < 4.78 is 17.5. The van der Waals surface area contributed by atoms with Gasteiger partial charge in [0.25, 0.3) is 0 Å². The number of nitrogens with one attached hydrogen (secondary N) is 2. The van der Waals surface area contributed by atoms with Crippen LogP contribution in [0.5, 0.6) is 11.5 Å². The summed E-state index contributed by atoms with van der Waals surface area (Å²) in [7, 11) is 3.42. The molecule has 1 aromatic carbocycles. The number of guanidine groups is 1.